The van der Waals surface area contributed by atoms with Gasteiger partial charge in [-0.3, -0.25) is 14.9 Å². The molecule has 3 N–H and O–H groups in total. The van der Waals surface area contributed by atoms with Crippen LogP contribution in [0.3, 0.4) is 0 Å². The highest BCUT2D eigenvalue weighted by molar-refractivity contribution is 7.80. The minimum absolute atomic E-state index is 0.174. The molecular weight excluding hydrogens is 510 g/mol. The molecule has 0 unspecified atom stereocenters. The molecule has 1 fully saturated rings. The quantitative estimate of drug-likeness (QED) is 0.409. The number of carbonyl (C=O) groups excluding carboxylic acids is 2. The second-order valence-corrected chi connectivity index (χ2v) is 9.22. The van der Waals surface area contributed by atoms with Gasteiger partial charge in [-0.05, 0) is 54.9 Å². The third-order valence-electron chi connectivity index (χ3n) is 6.37. The Morgan fingerprint density at radius 2 is 1.55 bits per heavy atom. The van der Waals surface area contributed by atoms with E-state index in [1.54, 1.807) is 18.2 Å². The number of nitrogens with two attached hydrogens (primary N) is 1. The molecule has 10 nitrogen and oxygen atoms in total. The topological polar surface area (TPSA) is 122 Å². The van der Waals surface area contributed by atoms with E-state index < -0.39 is 5.91 Å². The van der Waals surface area contributed by atoms with Crippen molar-refractivity contribution in [2.45, 2.75) is 44.7 Å². The van der Waals surface area contributed by atoms with E-state index in [1.807, 2.05) is 17.0 Å². The minimum Gasteiger partial charge on any atom is -0.493 e. The zero-order chi connectivity index (χ0) is 27.7. The van der Waals surface area contributed by atoms with Crippen molar-refractivity contribution in [3.63, 3.8) is 0 Å². The Morgan fingerprint density at radius 3 is 2.11 bits per heavy atom. The Labute approximate surface area is 228 Å². The molecular formula is C27H35N3O7S. The predicted octanol–water partition coefficient (Wildman–Crippen LogP) is 3.43. The molecule has 2 aromatic rings. The average molecular weight is 546 g/mol. The molecule has 0 aromatic heterocycles. The molecule has 11 heteroatoms. The van der Waals surface area contributed by atoms with Gasteiger partial charge in [-0.25, -0.2) is 0 Å². The van der Waals surface area contributed by atoms with E-state index in [0.717, 1.165) is 31.2 Å². The number of hydrogen-bond acceptors (Lipinski definition) is 8. The summed E-state index contributed by atoms with van der Waals surface area (Å²) in [7, 11) is 6.01. The summed E-state index contributed by atoms with van der Waals surface area (Å²) in [6, 6.07) is 8.77. The molecule has 3 rings (SSSR count). The van der Waals surface area contributed by atoms with Crippen LogP contribution in [0.4, 0.5) is 0 Å². The van der Waals surface area contributed by atoms with Crippen LogP contribution >= 0.6 is 12.2 Å². The molecule has 2 aromatic carbocycles. The lowest BCUT2D eigenvalue weighted by Gasteiger charge is -2.36. The minimum atomic E-state index is -0.576. The number of hydrogen-bond donors (Lipinski definition) is 2. The molecule has 206 valence electrons. The van der Waals surface area contributed by atoms with Crippen LogP contribution in [0.5, 0.6) is 28.7 Å². The van der Waals surface area contributed by atoms with E-state index in [-0.39, 0.29) is 18.6 Å². The molecule has 0 atom stereocenters. The van der Waals surface area contributed by atoms with Crippen molar-refractivity contribution in [1.82, 2.24) is 10.2 Å². The van der Waals surface area contributed by atoms with E-state index >= 15 is 0 Å². The number of amides is 2. The number of carbonyl (C=O) groups is 2. The molecule has 0 radical (unpaired) electrons. The first-order valence-corrected chi connectivity index (χ1v) is 12.7. The van der Waals surface area contributed by atoms with Gasteiger partial charge in [0.25, 0.3) is 11.8 Å². The summed E-state index contributed by atoms with van der Waals surface area (Å²) in [5, 5.41) is 3.21. The van der Waals surface area contributed by atoms with Crippen molar-refractivity contribution in [2.24, 2.45) is 5.73 Å². The standard InChI is InChI=1S/C27H35N3O7S/c1-33-21-12-17(10-11-20(21)37-16-24(28)31)15-30(19-8-6-5-7-9-19)27(38)29-26(32)18-13-22(34-2)25(36-4)23(14-18)35-3/h10-14,19H,5-9,15-16H2,1-4H3,(H2,28,31)(H,29,32,38). The molecule has 2 amide bonds. The average Bonchev–Trinajstić information content (AvgIpc) is 2.94. The van der Waals surface area contributed by atoms with Crippen molar-refractivity contribution in [3.05, 3.63) is 41.5 Å². The summed E-state index contributed by atoms with van der Waals surface area (Å²) in [5.41, 5.74) is 6.42. The van der Waals surface area contributed by atoms with Crippen LogP contribution in [-0.2, 0) is 11.3 Å². The molecule has 1 saturated carbocycles. The fourth-order valence-electron chi connectivity index (χ4n) is 4.49. The van der Waals surface area contributed by atoms with Crippen LogP contribution in [0, 0.1) is 0 Å². The van der Waals surface area contributed by atoms with Crippen LogP contribution in [0.1, 0.15) is 48.0 Å². The first kappa shape index (κ1) is 28.8. The Balaban J connectivity index is 1.84. The maximum Gasteiger partial charge on any atom is 0.257 e. The summed E-state index contributed by atoms with van der Waals surface area (Å²) < 4.78 is 27.0. The predicted molar refractivity (Wildman–Crippen MR) is 146 cm³/mol. The Morgan fingerprint density at radius 1 is 0.921 bits per heavy atom. The number of nitrogens with one attached hydrogen (secondary N) is 1. The van der Waals surface area contributed by atoms with Gasteiger partial charge in [-0.2, -0.15) is 0 Å². The van der Waals surface area contributed by atoms with E-state index in [1.165, 1.54) is 34.9 Å². The van der Waals surface area contributed by atoms with Gasteiger partial charge in [0, 0.05) is 18.2 Å². The summed E-state index contributed by atoms with van der Waals surface area (Å²) in [4.78, 5) is 26.4. The lowest BCUT2D eigenvalue weighted by atomic mass is 9.94. The molecule has 38 heavy (non-hydrogen) atoms. The number of ether oxygens (including phenoxy) is 5. The Kier molecular flexibility index (Phi) is 10.4. The smallest absolute Gasteiger partial charge is 0.257 e. The highest BCUT2D eigenvalue weighted by atomic mass is 32.1. The van der Waals surface area contributed by atoms with Gasteiger partial charge in [-0.1, -0.05) is 25.3 Å². The van der Waals surface area contributed by atoms with E-state index in [0.29, 0.717) is 46.0 Å². The summed E-state index contributed by atoms with van der Waals surface area (Å²) >= 11 is 5.76. The number of thiocarbonyl (C=S) groups is 1. The maximum absolute atomic E-state index is 13.3. The third kappa shape index (κ3) is 7.18. The second kappa shape index (κ2) is 13.7. The van der Waals surface area contributed by atoms with Crippen LogP contribution in [0.15, 0.2) is 30.3 Å². The van der Waals surface area contributed by atoms with Crippen molar-refractivity contribution in [2.75, 3.05) is 35.0 Å². The first-order chi connectivity index (χ1) is 18.3. The fourth-order valence-corrected chi connectivity index (χ4v) is 4.79. The van der Waals surface area contributed by atoms with Gasteiger partial charge in [0.05, 0.1) is 28.4 Å². The zero-order valence-corrected chi connectivity index (χ0v) is 23.0. The van der Waals surface area contributed by atoms with Crippen LogP contribution in [-0.4, -0.2) is 62.9 Å². The van der Waals surface area contributed by atoms with Crippen LogP contribution < -0.4 is 34.7 Å². The normalized spacial score (nSPS) is 13.3. The van der Waals surface area contributed by atoms with Gasteiger partial charge >= 0.3 is 0 Å². The second-order valence-electron chi connectivity index (χ2n) is 8.83. The molecule has 1 aliphatic rings. The van der Waals surface area contributed by atoms with Crippen molar-refractivity contribution >= 4 is 29.1 Å². The molecule has 1 aliphatic carbocycles. The number of rotatable bonds is 11. The van der Waals surface area contributed by atoms with Gasteiger partial charge in [0.1, 0.15) is 0 Å². The number of benzene rings is 2. The summed E-state index contributed by atoms with van der Waals surface area (Å²) in [6.07, 6.45) is 5.30. The summed E-state index contributed by atoms with van der Waals surface area (Å²) in [5.74, 6) is 1.07. The largest absolute Gasteiger partial charge is 0.493 e. The molecule has 0 heterocycles. The lowest BCUT2D eigenvalue weighted by molar-refractivity contribution is -0.119. The number of methoxy groups -OCH3 is 4. The van der Waals surface area contributed by atoms with Gasteiger partial charge in [0.15, 0.2) is 34.7 Å². The Bertz CT molecular complexity index is 1130. The van der Waals surface area contributed by atoms with Gasteiger partial charge in [0.2, 0.25) is 5.75 Å². The Hall–Kier alpha value is -3.73. The first-order valence-electron chi connectivity index (χ1n) is 12.3. The van der Waals surface area contributed by atoms with E-state index in [2.05, 4.69) is 5.32 Å². The molecule has 0 spiro atoms. The monoisotopic (exact) mass is 545 g/mol. The number of nitrogens with zero attached hydrogens (tertiary/aromatic N) is 1. The van der Waals surface area contributed by atoms with Crippen molar-refractivity contribution < 1.29 is 33.3 Å². The van der Waals surface area contributed by atoms with Gasteiger partial charge in [-0.15, -0.1) is 0 Å². The van der Waals surface area contributed by atoms with E-state index in [9.17, 15) is 9.59 Å². The zero-order valence-electron chi connectivity index (χ0n) is 22.2. The lowest BCUT2D eigenvalue weighted by Crippen LogP contribution is -2.48. The summed E-state index contributed by atoms with van der Waals surface area (Å²) in [6.45, 7) is 0.201. The van der Waals surface area contributed by atoms with Crippen molar-refractivity contribution in [3.8, 4) is 28.7 Å². The highest BCUT2D eigenvalue weighted by Gasteiger charge is 2.26. The fraction of sp³-hybridized carbons (Fsp3) is 0.444. The van der Waals surface area contributed by atoms with Crippen LogP contribution in [0.2, 0.25) is 0 Å². The molecule has 0 aliphatic heterocycles. The maximum atomic E-state index is 13.3. The van der Waals surface area contributed by atoms with E-state index in [4.69, 9.17) is 41.6 Å². The molecule has 0 bridgehead atoms. The van der Waals surface area contributed by atoms with Crippen molar-refractivity contribution in [1.29, 1.82) is 0 Å². The molecule has 0 saturated heterocycles. The third-order valence-corrected chi connectivity index (χ3v) is 6.71. The highest BCUT2D eigenvalue weighted by Crippen LogP contribution is 2.38. The SMILES string of the molecule is COc1cc(CN(C(=S)NC(=O)c2cc(OC)c(OC)c(OC)c2)C2CCCCC2)ccc1OCC(N)=O. The van der Waals surface area contributed by atoms with Crippen LogP contribution in [0.25, 0.3) is 0 Å². The van der Waals surface area contributed by atoms with Gasteiger partial charge < -0.3 is 34.3 Å². The number of primary amides is 1.